The monoisotopic (exact) mass is 242 g/mol. The highest BCUT2D eigenvalue weighted by molar-refractivity contribution is 6.01. The van der Waals surface area contributed by atoms with Crippen LogP contribution in [0.2, 0.25) is 0 Å². The van der Waals surface area contributed by atoms with Gasteiger partial charge in [0.1, 0.15) is 0 Å². The zero-order valence-corrected chi connectivity index (χ0v) is 11.0. The Kier molecular flexibility index (Phi) is 7.21. The molecule has 0 aromatic rings. The number of unbranched alkanes of at least 4 members (excludes halogenated alkanes) is 1. The van der Waals surface area contributed by atoms with E-state index in [9.17, 15) is 9.59 Å². The maximum Gasteiger partial charge on any atom is 0.331 e. The number of rotatable bonds is 7. The topological polar surface area (TPSA) is 69.6 Å². The number of nitrogens with zero attached hydrogens (tertiary/aromatic N) is 1. The quantitative estimate of drug-likeness (QED) is 0.513. The summed E-state index contributed by atoms with van der Waals surface area (Å²) in [4.78, 5) is 24.3. The van der Waals surface area contributed by atoms with E-state index in [1.54, 1.807) is 0 Å². The highest BCUT2D eigenvalue weighted by atomic mass is 16.4. The molecule has 0 atom stereocenters. The van der Waals surface area contributed by atoms with Crippen LogP contribution in [0.3, 0.4) is 0 Å². The Balaban J connectivity index is 3.95. The van der Waals surface area contributed by atoms with Crippen LogP contribution in [-0.4, -0.2) is 49.1 Å². The number of hydrogen-bond acceptors (Lipinski definition) is 3. The van der Waals surface area contributed by atoms with Gasteiger partial charge in [0.05, 0.1) is 0 Å². The predicted octanol–water partition coefficient (Wildman–Crippen LogP) is 0.865. The van der Waals surface area contributed by atoms with E-state index in [1.165, 1.54) is 13.8 Å². The molecule has 0 saturated heterocycles. The van der Waals surface area contributed by atoms with Gasteiger partial charge in [-0.2, -0.15) is 0 Å². The van der Waals surface area contributed by atoms with E-state index in [1.807, 2.05) is 14.1 Å². The number of hydrogen-bond donors (Lipinski definition) is 2. The molecule has 1 amide bonds. The van der Waals surface area contributed by atoms with Crippen molar-refractivity contribution >= 4 is 11.9 Å². The number of nitrogens with one attached hydrogen (secondary N) is 1. The van der Waals surface area contributed by atoms with Crippen molar-refractivity contribution in [2.45, 2.75) is 26.7 Å². The molecular weight excluding hydrogens is 220 g/mol. The first kappa shape index (κ1) is 15.6. The van der Waals surface area contributed by atoms with Crippen molar-refractivity contribution < 1.29 is 14.7 Å². The Hall–Kier alpha value is -1.36. The molecule has 5 heteroatoms. The van der Waals surface area contributed by atoms with Crippen molar-refractivity contribution in [3.63, 3.8) is 0 Å². The SMILES string of the molecule is C/C(C(=O)O)=C(\C)C(=O)NCCCCN(C)C. The number of carboxylic acids is 1. The fraction of sp³-hybridized carbons (Fsp3) is 0.667. The smallest absolute Gasteiger partial charge is 0.331 e. The third kappa shape index (κ3) is 6.73. The zero-order chi connectivity index (χ0) is 13.4. The van der Waals surface area contributed by atoms with Gasteiger partial charge in [-0.25, -0.2) is 4.79 Å². The lowest BCUT2D eigenvalue weighted by molar-refractivity contribution is -0.133. The van der Waals surface area contributed by atoms with Gasteiger partial charge in [0, 0.05) is 17.7 Å². The number of aliphatic carboxylic acids is 1. The van der Waals surface area contributed by atoms with E-state index in [0.29, 0.717) is 6.54 Å². The summed E-state index contributed by atoms with van der Waals surface area (Å²) >= 11 is 0. The van der Waals surface area contributed by atoms with Crippen molar-refractivity contribution in [2.75, 3.05) is 27.2 Å². The molecule has 0 aliphatic carbocycles. The van der Waals surface area contributed by atoms with Gasteiger partial charge >= 0.3 is 5.97 Å². The Morgan fingerprint density at radius 1 is 1.12 bits per heavy atom. The van der Waals surface area contributed by atoms with Gasteiger partial charge in [-0.3, -0.25) is 4.79 Å². The second-order valence-corrected chi connectivity index (χ2v) is 4.32. The predicted molar refractivity (Wildman–Crippen MR) is 66.8 cm³/mol. The van der Waals surface area contributed by atoms with Crippen LogP contribution in [0.1, 0.15) is 26.7 Å². The van der Waals surface area contributed by atoms with E-state index < -0.39 is 5.97 Å². The molecule has 0 rings (SSSR count). The maximum atomic E-state index is 11.5. The van der Waals surface area contributed by atoms with Crippen molar-refractivity contribution in [3.05, 3.63) is 11.1 Å². The Bertz CT molecular complexity index is 309. The Morgan fingerprint density at radius 2 is 1.71 bits per heavy atom. The van der Waals surface area contributed by atoms with E-state index in [2.05, 4.69) is 10.2 Å². The summed E-state index contributed by atoms with van der Waals surface area (Å²) in [6, 6.07) is 0. The maximum absolute atomic E-state index is 11.5. The molecule has 0 aromatic carbocycles. The molecule has 2 N–H and O–H groups in total. The van der Waals surface area contributed by atoms with Gasteiger partial charge in [0.25, 0.3) is 0 Å². The molecule has 0 aromatic heterocycles. The zero-order valence-electron chi connectivity index (χ0n) is 11.0. The van der Waals surface area contributed by atoms with Crippen molar-refractivity contribution in [2.24, 2.45) is 0 Å². The minimum atomic E-state index is -1.05. The lowest BCUT2D eigenvalue weighted by atomic mass is 10.1. The molecule has 98 valence electrons. The summed E-state index contributed by atoms with van der Waals surface area (Å²) < 4.78 is 0. The molecule has 5 nitrogen and oxygen atoms in total. The van der Waals surface area contributed by atoms with Crippen LogP contribution in [0.4, 0.5) is 0 Å². The molecule has 0 unspecified atom stereocenters. The van der Waals surface area contributed by atoms with E-state index in [-0.39, 0.29) is 17.1 Å². The van der Waals surface area contributed by atoms with E-state index in [4.69, 9.17) is 5.11 Å². The van der Waals surface area contributed by atoms with Gasteiger partial charge in [-0.05, 0) is 47.3 Å². The minimum absolute atomic E-state index is 0.0933. The van der Waals surface area contributed by atoms with Crippen LogP contribution in [0.15, 0.2) is 11.1 Å². The molecule has 0 aliphatic heterocycles. The highest BCUT2D eigenvalue weighted by Crippen LogP contribution is 2.03. The Morgan fingerprint density at radius 3 is 2.18 bits per heavy atom. The molecule has 0 saturated carbocycles. The molecule has 0 spiro atoms. The summed E-state index contributed by atoms with van der Waals surface area (Å²) in [6.45, 7) is 4.53. The largest absolute Gasteiger partial charge is 0.478 e. The van der Waals surface area contributed by atoms with Gasteiger partial charge in [0.2, 0.25) is 5.91 Å². The molecule has 0 radical (unpaired) electrons. The summed E-state index contributed by atoms with van der Waals surface area (Å²) in [7, 11) is 4.00. The summed E-state index contributed by atoms with van der Waals surface area (Å²) in [5.74, 6) is -1.35. The normalized spacial score (nSPS) is 12.3. The first-order valence-corrected chi connectivity index (χ1v) is 5.70. The van der Waals surface area contributed by atoms with Crippen LogP contribution in [0.25, 0.3) is 0 Å². The molecular formula is C12H22N2O3. The third-order valence-electron chi connectivity index (χ3n) is 2.54. The molecule has 0 heterocycles. The van der Waals surface area contributed by atoms with Crippen molar-refractivity contribution in [1.29, 1.82) is 0 Å². The van der Waals surface area contributed by atoms with Crippen molar-refractivity contribution in [1.82, 2.24) is 10.2 Å². The van der Waals surface area contributed by atoms with Crippen LogP contribution in [0.5, 0.6) is 0 Å². The second kappa shape index (κ2) is 7.84. The van der Waals surface area contributed by atoms with Crippen LogP contribution in [-0.2, 0) is 9.59 Å². The fourth-order valence-corrected chi connectivity index (χ4v) is 1.22. The average molecular weight is 242 g/mol. The first-order chi connectivity index (χ1) is 7.86. The van der Waals surface area contributed by atoms with Crippen LogP contribution >= 0.6 is 0 Å². The van der Waals surface area contributed by atoms with Crippen LogP contribution in [0, 0.1) is 0 Å². The molecule has 0 fully saturated rings. The minimum Gasteiger partial charge on any atom is -0.478 e. The lowest BCUT2D eigenvalue weighted by Crippen LogP contribution is -2.27. The van der Waals surface area contributed by atoms with Crippen LogP contribution < -0.4 is 5.32 Å². The van der Waals surface area contributed by atoms with Gasteiger partial charge < -0.3 is 15.3 Å². The first-order valence-electron chi connectivity index (χ1n) is 5.70. The van der Waals surface area contributed by atoms with Gasteiger partial charge in [-0.15, -0.1) is 0 Å². The number of carboxylic acid groups (broad SMARTS) is 1. The van der Waals surface area contributed by atoms with Gasteiger partial charge in [0.15, 0.2) is 0 Å². The number of carbonyl (C=O) groups excluding carboxylic acids is 1. The van der Waals surface area contributed by atoms with Gasteiger partial charge in [-0.1, -0.05) is 0 Å². The average Bonchev–Trinajstić information content (AvgIpc) is 2.25. The Labute approximate surface area is 102 Å². The molecule has 0 aliphatic rings. The summed E-state index contributed by atoms with van der Waals surface area (Å²) in [5.41, 5.74) is 0.362. The third-order valence-corrected chi connectivity index (χ3v) is 2.54. The summed E-state index contributed by atoms with van der Waals surface area (Å²) in [6.07, 6.45) is 1.90. The number of amides is 1. The molecule has 0 bridgehead atoms. The lowest BCUT2D eigenvalue weighted by Gasteiger charge is -2.10. The molecule has 17 heavy (non-hydrogen) atoms. The van der Waals surface area contributed by atoms with E-state index in [0.717, 1.165) is 19.4 Å². The van der Waals surface area contributed by atoms with E-state index >= 15 is 0 Å². The standard InChI is InChI=1S/C12H22N2O3/c1-9(10(2)12(16)17)11(15)13-7-5-6-8-14(3)4/h5-8H2,1-4H3,(H,13,15)(H,16,17)/b10-9-. The van der Waals surface area contributed by atoms with Crippen molar-refractivity contribution in [3.8, 4) is 0 Å². The highest BCUT2D eigenvalue weighted by Gasteiger charge is 2.11. The summed E-state index contributed by atoms with van der Waals surface area (Å²) in [5, 5.41) is 11.4. The number of carbonyl (C=O) groups is 2. The second-order valence-electron chi connectivity index (χ2n) is 4.32. The fourth-order valence-electron chi connectivity index (χ4n) is 1.22.